The molecule has 3 heteroatoms. The molecule has 0 saturated heterocycles. The predicted molar refractivity (Wildman–Crippen MR) is 57.3 cm³/mol. The van der Waals surface area contributed by atoms with E-state index in [2.05, 4.69) is 13.8 Å². The molecule has 0 heterocycles. The summed E-state index contributed by atoms with van der Waals surface area (Å²) in [6.07, 6.45) is -4.23. The molecule has 1 saturated carbocycles. The third-order valence-corrected chi connectivity index (χ3v) is 3.63. The van der Waals surface area contributed by atoms with E-state index in [0.29, 0.717) is 23.3 Å². The van der Waals surface area contributed by atoms with Gasteiger partial charge in [-0.25, -0.2) is 0 Å². The highest BCUT2D eigenvalue weighted by Crippen LogP contribution is 2.53. The number of aryl methyl sites for hydroxylation is 1. The third kappa shape index (κ3) is 1.95. The standard InChI is InChI=1S/C13H15F3/c1-7-4-10(12-8(2)9(12)3)6-11(5-7)13(14,15)16/h4-6,8-9,12H,1-3H3. The molecule has 0 spiro atoms. The Morgan fingerprint density at radius 3 is 2.00 bits per heavy atom. The fourth-order valence-electron chi connectivity index (χ4n) is 2.44. The Morgan fingerprint density at radius 1 is 1.00 bits per heavy atom. The number of hydrogen-bond acceptors (Lipinski definition) is 0. The van der Waals surface area contributed by atoms with Crippen LogP contribution < -0.4 is 0 Å². The predicted octanol–water partition coefficient (Wildman–Crippen LogP) is 4.38. The molecule has 0 aliphatic heterocycles. The molecule has 1 fully saturated rings. The molecule has 0 N–H and O–H groups in total. The zero-order chi connectivity index (χ0) is 12.1. The summed E-state index contributed by atoms with van der Waals surface area (Å²) in [7, 11) is 0. The van der Waals surface area contributed by atoms with Gasteiger partial charge in [0.25, 0.3) is 0 Å². The van der Waals surface area contributed by atoms with Gasteiger partial charge in [0, 0.05) is 0 Å². The minimum absolute atomic E-state index is 0.306. The van der Waals surface area contributed by atoms with E-state index in [0.717, 1.165) is 5.56 Å². The second-order valence-corrected chi connectivity index (χ2v) is 4.87. The largest absolute Gasteiger partial charge is 0.416 e. The van der Waals surface area contributed by atoms with Crippen molar-refractivity contribution in [3.05, 3.63) is 34.9 Å². The molecule has 0 aromatic heterocycles. The average Bonchev–Trinajstić information content (AvgIpc) is 2.72. The number of alkyl halides is 3. The van der Waals surface area contributed by atoms with Crippen LogP contribution in [0.15, 0.2) is 18.2 Å². The quantitative estimate of drug-likeness (QED) is 0.669. The van der Waals surface area contributed by atoms with Gasteiger partial charge in [-0.15, -0.1) is 0 Å². The van der Waals surface area contributed by atoms with Crippen LogP contribution in [0, 0.1) is 18.8 Å². The molecule has 1 aliphatic carbocycles. The van der Waals surface area contributed by atoms with Crippen LogP contribution in [0.1, 0.15) is 36.5 Å². The molecule has 2 atom stereocenters. The molecular weight excluding hydrogens is 213 g/mol. The fourth-order valence-corrected chi connectivity index (χ4v) is 2.44. The molecule has 2 rings (SSSR count). The maximum Gasteiger partial charge on any atom is 0.416 e. The van der Waals surface area contributed by atoms with Crippen LogP contribution in [0.5, 0.6) is 0 Å². The normalized spacial score (nSPS) is 29.2. The Morgan fingerprint density at radius 2 is 1.56 bits per heavy atom. The molecule has 88 valence electrons. The molecule has 2 unspecified atom stereocenters. The van der Waals surface area contributed by atoms with Crippen LogP contribution in [-0.2, 0) is 6.18 Å². The minimum atomic E-state index is -4.23. The molecular formula is C13H15F3. The van der Waals surface area contributed by atoms with Crippen LogP contribution in [0.3, 0.4) is 0 Å². The lowest BCUT2D eigenvalue weighted by atomic mass is 10.0. The zero-order valence-corrected chi connectivity index (χ0v) is 9.60. The summed E-state index contributed by atoms with van der Waals surface area (Å²) in [5.74, 6) is 1.31. The summed E-state index contributed by atoms with van der Waals surface area (Å²) in [4.78, 5) is 0. The molecule has 0 bridgehead atoms. The van der Waals surface area contributed by atoms with Crippen molar-refractivity contribution in [3.63, 3.8) is 0 Å². The molecule has 1 aliphatic rings. The highest BCUT2D eigenvalue weighted by atomic mass is 19.4. The van der Waals surface area contributed by atoms with Crippen molar-refractivity contribution >= 4 is 0 Å². The lowest BCUT2D eigenvalue weighted by molar-refractivity contribution is -0.137. The zero-order valence-electron chi connectivity index (χ0n) is 9.60. The van der Waals surface area contributed by atoms with Crippen LogP contribution in [0.2, 0.25) is 0 Å². The summed E-state index contributed by atoms with van der Waals surface area (Å²) < 4.78 is 37.9. The summed E-state index contributed by atoms with van der Waals surface area (Å²) in [5.41, 5.74) is 1.01. The van der Waals surface area contributed by atoms with Crippen molar-refractivity contribution in [3.8, 4) is 0 Å². The van der Waals surface area contributed by atoms with Gasteiger partial charge in [0.15, 0.2) is 0 Å². The monoisotopic (exact) mass is 228 g/mol. The Kier molecular flexibility index (Phi) is 2.52. The van der Waals surface area contributed by atoms with Gasteiger partial charge in [0.2, 0.25) is 0 Å². The minimum Gasteiger partial charge on any atom is -0.166 e. The Bertz CT molecular complexity index is 398. The van der Waals surface area contributed by atoms with Gasteiger partial charge in [0.05, 0.1) is 5.56 Å². The van der Waals surface area contributed by atoms with Crippen LogP contribution >= 0.6 is 0 Å². The Labute approximate surface area is 93.5 Å². The molecule has 0 amide bonds. The highest BCUT2D eigenvalue weighted by molar-refractivity contribution is 5.36. The molecule has 1 aromatic rings. The number of halogens is 3. The summed E-state index contributed by atoms with van der Waals surface area (Å²) in [6, 6.07) is 4.39. The van der Waals surface area contributed by atoms with E-state index in [4.69, 9.17) is 0 Å². The SMILES string of the molecule is Cc1cc(C2C(C)C2C)cc(C(F)(F)F)c1. The molecule has 16 heavy (non-hydrogen) atoms. The van der Waals surface area contributed by atoms with Gasteiger partial charge in [0.1, 0.15) is 0 Å². The van der Waals surface area contributed by atoms with Crippen molar-refractivity contribution in [2.24, 2.45) is 11.8 Å². The molecule has 0 radical (unpaired) electrons. The van der Waals surface area contributed by atoms with Gasteiger partial charge in [-0.2, -0.15) is 13.2 Å². The van der Waals surface area contributed by atoms with E-state index in [-0.39, 0.29) is 0 Å². The van der Waals surface area contributed by atoms with Crippen LogP contribution in [-0.4, -0.2) is 0 Å². The van der Waals surface area contributed by atoms with Gasteiger partial charge < -0.3 is 0 Å². The van der Waals surface area contributed by atoms with Crippen molar-refractivity contribution < 1.29 is 13.2 Å². The van der Waals surface area contributed by atoms with Gasteiger partial charge in [-0.05, 0) is 42.4 Å². The second-order valence-electron chi connectivity index (χ2n) is 4.87. The fraction of sp³-hybridized carbons (Fsp3) is 0.538. The van der Waals surface area contributed by atoms with Crippen LogP contribution in [0.25, 0.3) is 0 Å². The summed E-state index contributed by atoms with van der Waals surface area (Å²) in [6.45, 7) is 5.90. The van der Waals surface area contributed by atoms with Gasteiger partial charge in [-0.3, -0.25) is 0 Å². The smallest absolute Gasteiger partial charge is 0.166 e. The van der Waals surface area contributed by atoms with Crippen molar-refractivity contribution in [1.82, 2.24) is 0 Å². The van der Waals surface area contributed by atoms with Crippen molar-refractivity contribution in [2.75, 3.05) is 0 Å². The van der Waals surface area contributed by atoms with E-state index < -0.39 is 11.7 Å². The van der Waals surface area contributed by atoms with Gasteiger partial charge >= 0.3 is 6.18 Å². The molecule has 1 aromatic carbocycles. The maximum absolute atomic E-state index is 12.6. The lowest BCUT2D eigenvalue weighted by Gasteiger charge is -2.10. The second kappa shape index (κ2) is 3.51. The number of rotatable bonds is 1. The number of hydrogen-bond donors (Lipinski definition) is 0. The summed E-state index contributed by atoms with van der Waals surface area (Å²) in [5, 5.41) is 0. The first-order chi connectivity index (χ1) is 7.30. The summed E-state index contributed by atoms with van der Waals surface area (Å²) >= 11 is 0. The topological polar surface area (TPSA) is 0 Å². The van der Waals surface area contributed by atoms with Gasteiger partial charge in [-0.1, -0.05) is 25.5 Å². The first-order valence-corrected chi connectivity index (χ1v) is 5.49. The maximum atomic E-state index is 12.6. The van der Waals surface area contributed by atoms with E-state index in [1.54, 1.807) is 6.92 Å². The van der Waals surface area contributed by atoms with E-state index >= 15 is 0 Å². The van der Waals surface area contributed by atoms with E-state index in [1.807, 2.05) is 6.07 Å². The van der Waals surface area contributed by atoms with Crippen LogP contribution in [0.4, 0.5) is 13.2 Å². The molecule has 0 nitrogen and oxygen atoms in total. The highest BCUT2D eigenvalue weighted by Gasteiger charge is 2.44. The Balaban J connectivity index is 2.38. The van der Waals surface area contributed by atoms with E-state index in [1.165, 1.54) is 12.1 Å². The van der Waals surface area contributed by atoms with Crippen molar-refractivity contribution in [1.29, 1.82) is 0 Å². The number of benzene rings is 1. The average molecular weight is 228 g/mol. The Hall–Kier alpha value is -0.990. The van der Waals surface area contributed by atoms with Crippen molar-refractivity contribution in [2.45, 2.75) is 32.9 Å². The first kappa shape index (κ1) is 11.5. The third-order valence-electron chi connectivity index (χ3n) is 3.63. The first-order valence-electron chi connectivity index (χ1n) is 5.49. The lowest BCUT2D eigenvalue weighted by Crippen LogP contribution is -2.06. The van der Waals surface area contributed by atoms with E-state index in [9.17, 15) is 13.2 Å².